The third kappa shape index (κ3) is 6.16. The maximum Gasteiger partial charge on any atom is 0.264 e. The fraction of sp³-hybridized carbons (Fsp3) is 0.333. The molecule has 7 nitrogen and oxygen atoms in total. The van der Waals surface area contributed by atoms with E-state index in [2.05, 4.69) is 44.7 Å². The molecule has 0 bridgehead atoms. The average Bonchev–Trinajstić information content (AvgIpc) is 3.34. The second-order valence-electron chi connectivity index (χ2n) is 9.41. The van der Waals surface area contributed by atoms with Crippen molar-refractivity contribution in [3.05, 3.63) is 83.4 Å². The Bertz CT molecular complexity index is 1490. The fourth-order valence-corrected chi connectivity index (χ4v) is 7.03. The Hall–Kier alpha value is -3.27. The van der Waals surface area contributed by atoms with E-state index < -0.39 is 10.0 Å². The Morgan fingerprint density at radius 2 is 1.49 bits per heavy atom. The number of fused-ring (bicyclic) bond motifs is 1. The van der Waals surface area contributed by atoms with Crippen LogP contribution in [-0.2, 0) is 10.0 Å². The van der Waals surface area contributed by atoms with E-state index in [1.54, 1.807) is 36.1 Å². The molecule has 0 aliphatic carbocycles. The van der Waals surface area contributed by atoms with Gasteiger partial charge in [0.15, 0.2) is 5.13 Å². The summed E-state index contributed by atoms with van der Waals surface area (Å²) in [6.45, 7) is 13.4. The van der Waals surface area contributed by atoms with Gasteiger partial charge in [-0.2, -0.15) is 0 Å². The normalized spacial score (nSPS) is 11.7. The number of benzene rings is 3. The molecule has 39 heavy (non-hydrogen) atoms. The maximum atomic E-state index is 13.8. The van der Waals surface area contributed by atoms with Gasteiger partial charge in [-0.15, -0.1) is 0 Å². The van der Waals surface area contributed by atoms with Crippen LogP contribution in [-0.4, -0.2) is 56.9 Å². The van der Waals surface area contributed by atoms with Gasteiger partial charge in [0.05, 0.1) is 20.8 Å². The zero-order valence-corrected chi connectivity index (χ0v) is 24.8. The molecule has 0 saturated carbocycles. The summed E-state index contributed by atoms with van der Waals surface area (Å²) < 4.78 is 29.2. The first kappa shape index (κ1) is 28.7. The van der Waals surface area contributed by atoms with Gasteiger partial charge in [0.1, 0.15) is 0 Å². The lowest BCUT2D eigenvalue weighted by Crippen LogP contribution is -2.39. The Kier molecular flexibility index (Phi) is 9.04. The van der Waals surface area contributed by atoms with Gasteiger partial charge in [0.25, 0.3) is 15.9 Å². The number of aryl methyl sites for hydroxylation is 2. The molecule has 0 N–H and O–H groups in total. The van der Waals surface area contributed by atoms with E-state index in [-0.39, 0.29) is 10.8 Å². The molecule has 0 spiro atoms. The zero-order valence-electron chi connectivity index (χ0n) is 23.2. The molecule has 0 aliphatic rings. The van der Waals surface area contributed by atoms with Crippen LogP contribution < -0.4 is 9.21 Å². The minimum Gasteiger partial charge on any atom is -0.302 e. The quantitative estimate of drug-likeness (QED) is 0.220. The smallest absolute Gasteiger partial charge is 0.264 e. The topological polar surface area (TPSA) is 73.8 Å². The molecule has 3 aromatic carbocycles. The molecule has 1 aromatic heterocycles. The molecule has 0 unspecified atom stereocenters. The van der Waals surface area contributed by atoms with Crippen molar-refractivity contribution in [2.75, 3.05) is 41.9 Å². The lowest BCUT2D eigenvalue weighted by Gasteiger charge is -2.25. The van der Waals surface area contributed by atoms with Crippen LogP contribution >= 0.6 is 11.3 Å². The molecule has 9 heteroatoms. The second kappa shape index (κ2) is 12.3. The third-order valence-electron chi connectivity index (χ3n) is 7.02. The number of aromatic nitrogens is 1. The molecule has 0 aliphatic heterocycles. The minimum absolute atomic E-state index is 0.144. The first-order valence-corrected chi connectivity index (χ1v) is 15.5. The van der Waals surface area contributed by atoms with E-state index in [0.717, 1.165) is 28.9 Å². The monoisotopic (exact) mass is 564 g/mol. The van der Waals surface area contributed by atoms with Crippen molar-refractivity contribution < 1.29 is 13.2 Å². The predicted octanol–water partition coefficient (Wildman–Crippen LogP) is 6.12. The van der Waals surface area contributed by atoms with Crippen LogP contribution in [0.2, 0.25) is 0 Å². The Balaban J connectivity index is 1.66. The van der Waals surface area contributed by atoms with Crippen LogP contribution in [0.5, 0.6) is 0 Å². The lowest BCUT2D eigenvalue weighted by molar-refractivity contribution is 0.0983. The molecule has 4 aromatic rings. The summed E-state index contributed by atoms with van der Waals surface area (Å²) in [4.78, 5) is 22.8. The first-order chi connectivity index (χ1) is 18.7. The van der Waals surface area contributed by atoms with Crippen molar-refractivity contribution in [1.29, 1.82) is 0 Å². The number of anilines is 2. The third-order valence-corrected chi connectivity index (χ3v) is 9.98. The summed E-state index contributed by atoms with van der Waals surface area (Å²) in [5, 5.41) is 0.644. The van der Waals surface area contributed by atoms with Crippen LogP contribution in [0.4, 0.5) is 10.8 Å². The molecule has 1 heterocycles. The minimum atomic E-state index is -3.78. The Morgan fingerprint density at radius 3 is 2.10 bits per heavy atom. The highest BCUT2D eigenvalue weighted by Gasteiger charge is 2.26. The van der Waals surface area contributed by atoms with E-state index >= 15 is 0 Å². The number of thiazole rings is 1. The predicted molar refractivity (Wildman–Crippen MR) is 162 cm³/mol. The lowest BCUT2D eigenvalue weighted by atomic mass is 10.1. The highest BCUT2D eigenvalue weighted by Crippen LogP contribution is 2.32. The van der Waals surface area contributed by atoms with Crippen molar-refractivity contribution in [1.82, 2.24) is 9.88 Å². The number of amides is 1. The summed E-state index contributed by atoms with van der Waals surface area (Å²) in [7, 11) is -3.78. The largest absolute Gasteiger partial charge is 0.302 e. The van der Waals surface area contributed by atoms with Gasteiger partial charge >= 0.3 is 0 Å². The van der Waals surface area contributed by atoms with Crippen LogP contribution in [0.25, 0.3) is 10.2 Å². The number of para-hydroxylation sites is 1. The van der Waals surface area contributed by atoms with Gasteiger partial charge in [-0.1, -0.05) is 43.4 Å². The number of nitrogens with zero attached hydrogens (tertiary/aromatic N) is 4. The summed E-state index contributed by atoms with van der Waals surface area (Å²) in [6, 6.07) is 19.4. The van der Waals surface area contributed by atoms with E-state index in [1.807, 2.05) is 18.2 Å². The maximum absolute atomic E-state index is 13.8. The number of hydrogen-bond acceptors (Lipinski definition) is 6. The highest BCUT2D eigenvalue weighted by atomic mass is 32.2. The van der Waals surface area contributed by atoms with Crippen LogP contribution in [0.1, 0.15) is 42.3 Å². The zero-order chi connectivity index (χ0) is 28.2. The summed E-state index contributed by atoms with van der Waals surface area (Å²) >= 11 is 1.50. The van der Waals surface area contributed by atoms with Gasteiger partial charge in [0, 0.05) is 25.2 Å². The standard InChI is InChI=1S/C30H36N4O3S2/c1-6-32(7-2)18-19-33(30-31-27-20-22(4)23(5)21-28(27)38-30)29(35)24-14-16-26(17-15-24)39(36,37)34(8-3)25-12-10-9-11-13-25/h9-17,20-21H,6-8,18-19H2,1-5H3. The molecule has 0 radical (unpaired) electrons. The molecule has 1 amide bonds. The van der Waals surface area contributed by atoms with Crippen LogP contribution in [0, 0.1) is 13.8 Å². The molecule has 0 saturated heterocycles. The molecule has 206 valence electrons. The Morgan fingerprint density at radius 1 is 0.846 bits per heavy atom. The summed E-state index contributed by atoms with van der Waals surface area (Å²) in [5.41, 5.74) is 4.24. The molecular formula is C30H36N4O3S2. The van der Waals surface area contributed by atoms with E-state index in [9.17, 15) is 13.2 Å². The van der Waals surface area contributed by atoms with E-state index in [4.69, 9.17) is 4.98 Å². The van der Waals surface area contributed by atoms with Crippen molar-refractivity contribution in [3.8, 4) is 0 Å². The van der Waals surface area contributed by atoms with Gasteiger partial charge in [-0.3, -0.25) is 14.0 Å². The van der Waals surface area contributed by atoms with Crippen molar-refractivity contribution >= 4 is 48.3 Å². The van der Waals surface area contributed by atoms with Crippen molar-refractivity contribution in [2.45, 2.75) is 39.5 Å². The number of carbonyl (C=O) groups is 1. The van der Waals surface area contributed by atoms with E-state index in [1.165, 1.54) is 33.3 Å². The second-order valence-corrected chi connectivity index (χ2v) is 12.3. The number of likely N-dealkylation sites (N-methyl/N-ethyl adjacent to an activating group) is 1. The fourth-order valence-electron chi connectivity index (χ4n) is 4.49. The van der Waals surface area contributed by atoms with Crippen LogP contribution in [0.3, 0.4) is 0 Å². The van der Waals surface area contributed by atoms with Crippen molar-refractivity contribution in [3.63, 3.8) is 0 Å². The van der Waals surface area contributed by atoms with Gasteiger partial charge in [0.2, 0.25) is 0 Å². The highest BCUT2D eigenvalue weighted by molar-refractivity contribution is 7.92. The molecule has 0 fully saturated rings. The van der Waals surface area contributed by atoms with E-state index in [0.29, 0.717) is 36.0 Å². The van der Waals surface area contributed by atoms with Gasteiger partial charge in [-0.25, -0.2) is 13.4 Å². The van der Waals surface area contributed by atoms with Crippen molar-refractivity contribution in [2.24, 2.45) is 0 Å². The van der Waals surface area contributed by atoms with Crippen LogP contribution in [0.15, 0.2) is 71.6 Å². The summed E-state index contributed by atoms with van der Waals surface area (Å²) in [5.74, 6) is -0.200. The molecule has 0 atom stereocenters. The number of sulfonamides is 1. The molecule has 4 rings (SSSR count). The first-order valence-electron chi connectivity index (χ1n) is 13.3. The number of carbonyl (C=O) groups excluding carboxylic acids is 1. The number of hydrogen-bond donors (Lipinski definition) is 0. The number of rotatable bonds is 11. The molecular weight excluding hydrogens is 528 g/mol. The SMILES string of the molecule is CCN(CC)CCN(C(=O)c1ccc(S(=O)(=O)N(CC)c2ccccc2)cc1)c1nc2cc(C)c(C)cc2s1. The average molecular weight is 565 g/mol. The van der Waals surface area contributed by atoms with Gasteiger partial charge in [-0.05, 0) is 93.5 Å². The summed E-state index contributed by atoms with van der Waals surface area (Å²) in [6.07, 6.45) is 0. The van der Waals surface area contributed by atoms with Gasteiger partial charge < -0.3 is 4.90 Å². The Labute approximate surface area is 235 Å².